The third-order valence-corrected chi connectivity index (χ3v) is 4.47. The molecular weight excluding hydrogens is 292 g/mol. The normalized spacial score (nSPS) is 11.3. The summed E-state index contributed by atoms with van der Waals surface area (Å²) in [7, 11) is 0. The maximum atomic E-state index is 4.11. The minimum Gasteiger partial charge on any atom is -0.280 e. The van der Waals surface area contributed by atoms with Crippen LogP contribution in [0.5, 0.6) is 0 Å². The molecule has 0 aliphatic carbocycles. The molecule has 2 nitrogen and oxygen atoms in total. The van der Waals surface area contributed by atoms with Crippen molar-refractivity contribution in [1.82, 2.24) is 10.2 Å². The lowest BCUT2D eigenvalue weighted by Gasteiger charge is -2.35. The second kappa shape index (κ2) is 6.17. The first-order valence-corrected chi connectivity index (χ1v) is 8.01. The number of hydrogen-bond donors (Lipinski definition) is 1. The van der Waals surface area contributed by atoms with Crippen molar-refractivity contribution in [3.63, 3.8) is 0 Å². The summed E-state index contributed by atoms with van der Waals surface area (Å²) >= 11 is 0. The SMILES string of the molecule is [c]1cc(C(c2ccccc2)(c2ccccc2)c2ccccc2)[nH]n1. The van der Waals surface area contributed by atoms with E-state index in [1.54, 1.807) is 0 Å². The standard InChI is InChI=1S/C22H17N2/c1-4-10-18(11-5-1)22(21-16-17-23-24-21,19-12-6-2-7-13-19)20-14-8-3-9-15-20/h1-16H,(H,23,24). The Labute approximate surface area is 141 Å². The molecule has 0 atom stereocenters. The first-order valence-electron chi connectivity index (χ1n) is 8.01. The lowest BCUT2D eigenvalue weighted by atomic mass is 9.67. The van der Waals surface area contributed by atoms with Crippen molar-refractivity contribution in [3.05, 3.63) is 126 Å². The Balaban J connectivity index is 2.12. The molecule has 0 spiro atoms. The number of H-pyrrole nitrogens is 1. The van der Waals surface area contributed by atoms with Crippen LogP contribution in [0, 0.1) is 6.20 Å². The van der Waals surface area contributed by atoms with Crippen LogP contribution < -0.4 is 0 Å². The molecule has 0 aliphatic rings. The Morgan fingerprint density at radius 2 is 1.04 bits per heavy atom. The quantitative estimate of drug-likeness (QED) is 0.549. The fourth-order valence-electron chi connectivity index (χ4n) is 3.44. The highest BCUT2D eigenvalue weighted by molar-refractivity contribution is 5.57. The highest BCUT2D eigenvalue weighted by atomic mass is 15.1. The van der Waals surface area contributed by atoms with Crippen LogP contribution in [0.2, 0.25) is 0 Å². The van der Waals surface area contributed by atoms with Crippen LogP contribution in [0.1, 0.15) is 22.4 Å². The van der Waals surface area contributed by atoms with E-state index in [-0.39, 0.29) is 0 Å². The molecule has 0 aliphatic heterocycles. The molecule has 0 bridgehead atoms. The molecule has 1 N–H and O–H groups in total. The fourth-order valence-corrected chi connectivity index (χ4v) is 3.44. The third-order valence-electron chi connectivity index (χ3n) is 4.47. The van der Waals surface area contributed by atoms with Crippen LogP contribution in [-0.4, -0.2) is 10.2 Å². The van der Waals surface area contributed by atoms with E-state index in [0.29, 0.717) is 0 Å². The van der Waals surface area contributed by atoms with E-state index in [1.807, 2.05) is 24.3 Å². The van der Waals surface area contributed by atoms with Crippen LogP contribution >= 0.6 is 0 Å². The molecule has 4 aromatic rings. The van der Waals surface area contributed by atoms with Crippen LogP contribution in [-0.2, 0) is 5.41 Å². The summed E-state index contributed by atoms with van der Waals surface area (Å²) in [6, 6.07) is 33.6. The average Bonchev–Trinajstić information content (AvgIpc) is 3.20. The van der Waals surface area contributed by atoms with E-state index in [9.17, 15) is 0 Å². The second-order valence-electron chi connectivity index (χ2n) is 5.76. The highest BCUT2D eigenvalue weighted by Crippen LogP contribution is 2.43. The first-order chi connectivity index (χ1) is 11.9. The van der Waals surface area contributed by atoms with Gasteiger partial charge in [-0.2, -0.15) is 5.10 Å². The largest absolute Gasteiger partial charge is 0.280 e. The van der Waals surface area contributed by atoms with Crippen molar-refractivity contribution < 1.29 is 0 Å². The van der Waals surface area contributed by atoms with E-state index in [0.717, 1.165) is 5.69 Å². The van der Waals surface area contributed by atoms with Crippen LogP contribution in [0.3, 0.4) is 0 Å². The van der Waals surface area contributed by atoms with Gasteiger partial charge in [0.25, 0.3) is 0 Å². The number of nitrogens with zero attached hydrogens (tertiary/aromatic N) is 1. The predicted molar refractivity (Wildman–Crippen MR) is 95.7 cm³/mol. The van der Waals surface area contributed by atoms with Crippen LogP contribution in [0.15, 0.2) is 97.1 Å². The Morgan fingerprint density at radius 1 is 0.625 bits per heavy atom. The van der Waals surface area contributed by atoms with Gasteiger partial charge in [0.1, 0.15) is 6.20 Å². The molecule has 4 rings (SSSR count). The van der Waals surface area contributed by atoms with E-state index >= 15 is 0 Å². The predicted octanol–water partition coefficient (Wildman–Crippen LogP) is 4.59. The van der Waals surface area contributed by atoms with Crippen molar-refractivity contribution in [2.75, 3.05) is 0 Å². The molecule has 1 heterocycles. The lowest BCUT2D eigenvalue weighted by Crippen LogP contribution is -2.31. The molecule has 115 valence electrons. The van der Waals surface area contributed by atoms with Gasteiger partial charge >= 0.3 is 0 Å². The van der Waals surface area contributed by atoms with Gasteiger partial charge in [0, 0.05) is 0 Å². The molecule has 0 amide bonds. The molecule has 2 heteroatoms. The summed E-state index contributed by atoms with van der Waals surface area (Å²) in [6.07, 6.45) is 2.94. The van der Waals surface area contributed by atoms with Crippen LogP contribution in [0.4, 0.5) is 0 Å². The Kier molecular flexibility index (Phi) is 3.72. The van der Waals surface area contributed by atoms with Crippen molar-refractivity contribution >= 4 is 0 Å². The zero-order valence-electron chi connectivity index (χ0n) is 13.2. The van der Waals surface area contributed by atoms with Crippen molar-refractivity contribution in [2.45, 2.75) is 5.41 Å². The Bertz CT molecular complexity index is 786. The molecular formula is C22H17N2. The molecule has 3 aromatic carbocycles. The fraction of sp³-hybridized carbons (Fsp3) is 0.0455. The summed E-state index contributed by atoms with van der Waals surface area (Å²) in [4.78, 5) is 0. The van der Waals surface area contributed by atoms with Crippen molar-refractivity contribution in [3.8, 4) is 0 Å². The van der Waals surface area contributed by atoms with E-state index in [4.69, 9.17) is 0 Å². The van der Waals surface area contributed by atoms with Crippen LogP contribution in [0.25, 0.3) is 0 Å². The summed E-state index contributed by atoms with van der Waals surface area (Å²) in [5, 5.41) is 7.28. The lowest BCUT2D eigenvalue weighted by molar-refractivity contribution is 0.708. The molecule has 0 unspecified atom stereocenters. The van der Waals surface area contributed by atoms with E-state index in [2.05, 4.69) is 89.2 Å². The van der Waals surface area contributed by atoms with Gasteiger partial charge in [-0.15, -0.1) is 0 Å². The smallest absolute Gasteiger partial charge is 0.113 e. The summed E-state index contributed by atoms with van der Waals surface area (Å²) in [6.45, 7) is 0. The minimum atomic E-state index is -0.448. The maximum Gasteiger partial charge on any atom is 0.113 e. The zero-order chi connectivity index (χ0) is 16.2. The van der Waals surface area contributed by atoms with Gasteiger partial charge in [0.15, 0.2) is 0 Å². The molecule has 24 heavy (non-hydrogen) atoms. The number of rotatable bonds is 4. The molecule has 0 saturated carbocycles. The number of aromatic amines is 1. The van der Waals surface area contributed by atoms with Gasteiger partial charge in [0.2, 0.25) is 0 Å². The number of hydrogen-bond acceptors (Lipinski definition) is 1. The van der Waals surface area contributed by atoms with Gasteiger partial charge in [-0.25, -0.2) is 0 Å². The number of aromatic nitrogens is 2. The molecule has 0 fully saturated rings. The third kappa shape index (κ3) is 2.24. The maximum absolute atomic E-state index is 4.11. The van der Waals surface area contributed by atoms with Gasteiger partial charge in [-0.1, -0.05) is 91.0 Å². The van der Waals surface area contributed by atoms with E-state index < -0.39 is 5.41 Å². The topological polar surface area (TPSA) is 28.7 Å². The summed E-state index contributed by atoms with van der Waals surface area (Å²) in [5.41, 5.74) is 4.14. The van der Waals surface area contributed by atoms with Gasteiger partial charge in [-0.3, -0.25) is 5.10 Å². The first kappa shape index (κ1) is 14.5. The average molecular weight is 309 g/mol. The van der Waals surface area contributed by atoms with Gasteiger partial charge in [-0.05, 0) is 22.8 Å². The zero-order valence-corrected chi connectivity index (χ0v) is 13.2. The highest BCUT2D eigenvalue weighted by Gasteiger charge is 2.39. The second-order valence-corrected chi connectivity index (χ2v) is 5.76. The molecule has 1 radical (unpaired) electrons. The monoisotopic (exact) mass is 309 g/mol. The number of nitrogens with one attached hydrogen (secondary N) is 1. The Morgan fingerprint density at radius 3 is 1.38 bits per heavy atom. The number of benzene rings is 3. The minimum absolute atomic E-state index is 0.448. The van der Waals surface area contributed by atoms with Crippen molar-refractivity contribution in [2.24, 2.45) is 0 Å². The summed E-state index contributed by atoms with van der Waals surface area (Å²) in [5.74, 6) is 0. The van der Waals surface area contributed by atoms with Gasteiger partial charge < -0.3 is 0 Å². The van der Waals surface area contributed by atoms with Crippen molar-refractivity contribution in [1.29, 1.82) is 0 Å². The molecule has 0 saturated heterocycles. The Hall–Kier alpha value is -3.13. The van der Waals surface area contributed by atoms with E-state index in [1.165, 1.54) is 16.7 Å². The summed E-state index contributed by atoms with van der Waals surface area (Å²) < 4.78 is 0. The van der Waals surface area contributed by atoms with Gasteiger partial charge in [0.05, 0.1) is 11.1 Å². The molecule has 1 aromatic heterocycles.